The average molecular weight is 399 g/mol. The van der Waals surface area contributed by atoms with E-state index in [1.165, 1.54) is 12.1 Å². The molecule has 1 aromatic heterocycles. The van der Waals surface area contributed by atoms with Crippen molar-refractivity contribution >= 4 is 17.8 Å². The second-order valence-electron chi connectivity index (χ2n) is 7.03. The number of urea groups is 1. The van der Waals surface area contributed by atoms with Gasteiger partial charge in [0.05, 0.1) is 24.1 Å². The van der Waals surface area contributed by atoms with E-state index < -0.39 is 0 Å². The number of benzene rings is 1. The van der Waals surface area contributed by atoms with Crippen molar-refractivity contribution in [1.29, 1.82) is 0 Å². The van der Waals surface area contributed by atoms with Crippen molar-refractivity contribution in [2.24, 2.45) is 0 Å². The molecule has 1 aromatic carbocycles. The monoisotopic (exact) mass is 399 g/mol. The van der Waals surface area contributed by atoms with Gasteiger partial charge in [0.25, 0.3) is 0 Å². The highest BCUT2D eigenvalue weighted by atomic mass is 32.2. The third-order valence-electron chi connectivity index (χ3n) is 4.90. The highest BCUT2D eigenvalue weighted by Crippen LogP contribution is 2.36. The summed E-state index contributed by atoms with van der Waals surface area (Å²) in [5.74, 6) is -0.280. The molecule has 1 unspecified atom stereocenters. The van der Waals surface area contributed by atoms with Crippen LogP contribution in [-0.4, -0.2) is 49.3 Å². The summed E-state index contributed by atoms with van der Waals surface area (Å²) in [6.45, 7) is 6.24. The first-order valence-corrected chi connectivity index (χ1v) is 10.1. The Balaban J connectivity index is 1.45. The van der Waals surface area contributed by atoms with E-state index in [-0.39, 0.29) is 17.3 Å². The lowest BCUT2D eigenvalue weighted by Crippen LogP contribution is -2.45. The number of allylic oxidation sites excluding steroid dienone is 1. The molecular weight excluding hydrogens is 377 g/mol. The minimum atomic E-state index is -0.280. The Labute approximate surface area is 168 Å². The molecule has 2 aromatic rings. The normalized spacial score (nSPS) is 19.5. The average Bonchev–Trinajstić information content (AvgIpc) is 3.20. The van der Waals surface area contributed by atoms with E-state index in [0.717, 1.165) is 22.6 Å². The number of halogens is 1. The maximum Gasteiger partial charge on any atom is 0.322 e. The van der Waals surface area contributed by atoms with E-state index in [1.807, 2.05) is 24.8 Å². The number of aryl methyl sites for hydroxylation is 1. The lowest BCUT2D eigenvalue weighted by molar-refractivity contribution is 0.148. The number of hydrogen-bond acceptors (Lipinski definition) is 5. The van der Waals surface area contributed by atoms with Crippen LogP contribution >= 0.6 is 11.8 Å². The van der Waals surface area contributed by atoms with Gasteiger partial charge in [0.15, 0.2) is 5.50 Å². The molecule has 3 heterocycles. The Morgan fingerprint density at radius 1 is 1.18 bits per heavy atom. The molecule has 0 aliphatic carbocycles. The van der Waals surface area contributed by atoms with Crippen LogP contribution in [0, 0.1) is 12.7 Å². The Morgan fingerprint density at radius 3 is 2.79 bits per heavy atom. The number of aromatic nitrogens is 2. The fraction of sp³-hybridized carbons (Fsp3) is 0.350. The van der Waals surface area contributed by atoms with Crippen LogP contribution in [0.5, 0.6) is 0 Å². The van der Waals surface area contributed by atoms with Crippen LogP contribution < -0.4 is 0 Å². The second-order valence-corrected chi connectivity index (χ2v) is 7.96. The molecule has 2 amide bonds. The Bertz CT molecular complexity index is 904. The molecule has 0 bridgehead atoms. The quantitative estimate of drug-likeness (QED) is 0.770. The molecule has 0 radical (unpaired) electrons. The molecule has 2 aliphatic rings. The molecule has 0 spiro atoms. The predicted octanol–water partition coefficient (Wildman–Crippen LogP) is 3.56. The largest absolute Gasteiger partial charge is 0.340 e. The topological polar surface area (TPSA) is 52.6 Å². The summed E-state index contributed by atoms with van der Waals surface area (Å²) >= 11 is 1.63. The molecule has 1 fully saturated rings. The zero-order valence-corrected chi connectivity index (χ0v) is 16.7. The molecule has 28 heavy (non-hydrogen) atoms. The van der Waals surface area contributed by atoms with Gasteiger partial charge in [-0.2, -0.15) is 0 Å². The van der Waals surface area contributed by atoms with Crippen LogP contribution in [0.2, 0.25) is 0 Å². The lowest BCUT2D eigenvalue weighted by atomic mass is 10.2. The van der Waals surface area contributed by atoms with Gasteiger partial charge in [0, 0.05) is 31.5 Å². The van der Waals surface area contributed by atoms with E-state index in [9.17, 15) is 9.18 Å². The number of thioether (sulfide) groups is 1. The molecule has 1 atom stereocenters. The van der Waals surface area contributed by atoms with E-state index in [4.69, 9.17) is 0 Å². The maximum absolute atomic E-state index is 13.4. The van der Waals surface area contributed by atoms with Gasteiger partial charge in [0.1, 0.15) is 5.82 Å². The smallest absolute Gasteiger partial charge is 0.322 e. The second kappa shape index (κ2) is 7.79. The Morgan fingerprint density at radius 2 is 2.04 bits per heavy atom. The number of carbonyl (C=O) groups is 1. The van der Waals surface area contributed by atoms with Crippen molar-refractivity contribution in [2.45, 2.75) is 32.4 Å². The van der Waals surface area contributed by atoms with Crippen molar-refractivity contribution in [2.75, 3.05) is 13.1 Å². The van der Waals surface area contributed by atoms with Gasteiger partial charge in [-0.25, -0.2) is 9.18 Å². The molecule has 0 N–H and O–H groups in total. The SMILES string of the molecule is CC1=CSC(N2CCN(Cc3cccc(F)c3)C2=O)N1Cc1cnc(C)cn1. The first-order chi connectivity index (χ1) is 13.5. The number of nitrogens with zero attached hydrogens (tertiary/aromatic N) is 5. The summed E-state index contributed by atoms with van der Waals surface area (Å²) in [5, 5.41) is 2.08. The molecule has 6 nitrogen and oxygen atoms in total. The van der Waals surface area contributed by atoms with E-state index in [0.29, 0.717) is 26.2 Å². The maximum atomic E-state index is 13.4. The lowest BCUT2D eigenvalue weighted by Gasteiger charge is -2.33. The predicted molar refractivity (Wildman–Crippen MR) is 106 cm³/mol. The zero-order chi connectivity index (χ0) is 19.7. The number of amides is 2. The van der Waals surface area contributed by atoms with Gasteiger partial charge < -0.3 is 9.80 Å². The van der Waals surface area contributed by atoms with Crippen molar-refractivity contribution in [3.05, 3.63) is 70.5 Å². The Hall–Kier alpha value is -2.61. The van der Waals surface area contributed by atoms with Gasteiger partial charge in [-0.15, -0.1) is 0 Å². The number of hydrogen-bond donors (Lipinski definition) is 0. The molecule has 0 saturated carbocycles. The summed E-state index contributed by atoms with van der Waals surface area (Å²) in [4.78, 5) is 27.6. The fourth-order valence-corrected chi connectivity index (χ4v) is 4.59. The van der Waals surface area contributed by atoms with Crippen molar-refractivity contribution in [1.82, 2.24) is 24.7 Å². The van der Waals surface area contributed by atoms with E-state index in [1.54, 1.807) is 35.1 Å². The van der Waals surface area contributed by atoms with Crippen LogP contribution in [-0.2, 0) is 13.1 Å². The van der Waals surface area contributed by atoms with E-state index in [2.05, 4.69) is 20.3 Å². The molecule has 4 rings (SSSR count). The summed E-state index contributed by atoms with van der Waals surface area (Å²) in [6.07, 6.45) is 3.54. The standard InChI is InChI=1S/C20H22FN5OS/c1-14-9-23-18(10-22-14)12-26-15(2)13-28-20(26)25-7-6-24(19(25)27)11-16-4-3-5-17(21)8-16/h3-5,8-10,13,20H,6-7,11-12H2,1-2H3. The van der Waals surface area contributed by atoms with Crippen LogP contribution in [0.4, 0.5) is 9.18 Å². The van der Waals surface area contributed by atoms with Crippen molar-refractivity contribution in [3.63, 3.8) is 0 Å². The van der Waals surface area contributed by atoms with Gasteiger partial charge in [0.2, 0.25) is 0 Å². The van der Waals surface area contributed by atoms with Crippen molar-refractivity contribution in [3.8, 4) is 0 Å². The van der Waals surface area contributed by atoms with E-state index >= 15 is 0 Å². The summed E-state index contributed by atoms with van der Waals surface area (Å²) in [7, 11) is 0. The van der Waals surface area contributed by atoms with Gasteiger partial charge in [-0.3, -0.25) is 14.9 Å². The van der Waals surface area contributed by atoms with Crippen LogP contribution in [0.3, 0.4) is 0 Å². The van der Waals surface area contributed by atoms with Gasteiger partial charge in [-0.05, 0) is 37.0 Å². The van der Waals surface area contributed by atoms with Crippen LogP contribution in [0.1, 0.15) is 23.9 Å². The first-order valence-electron chi connectivity index (χ1n) is 9.17. The highest BCUT2D eigenvalue weighted by Gasteiger charge is 2.39. The third kappa shape index (κ3) is 3.82. The van der Waals surface area contributed by atoms with Crippen LogP contribution in [0.25, 0.3) is 0 Å². The summed E-state index contributed by atoms with van der Waals surface area (Å²) in [6, 6.07) is 6.39. The summed E-state index contributed by atoms with van der Waals surface area (Å²) < 4.78 is 13.4. The fourth-order valence-electron chi connectivity index (χ4n) is 3.40. The molecule has 146 valence electrons. The minimum absolute atomic E-state index is 0.0233. The highest BCUT2D eigenvalue weighted by molar-refractivity contribution is 8.02. The molecular formula is C20H22FN5OS. The van der Waals surface area contributed by atoms with Crippen LogP contribution in [0.15, 0.2) is 47.8 Å². The number of carbonyl (C=O) groups excluding carboxylic acids is 1. The summed E-state index contributed by atoms with van der Waals surface area (Å²) in [5.41, 5.74) is 3.55. The Kier molecular flexibility index (Phi) is 5.21. The zero-order valence-electron chi connectivity index (χ0n) is 15.9. The third-order valence-corrected chi connectivity index (χ3v) is 6.13. The molecule has 8 heteroatoms. The molecule has 1 saturated heterocycles. The molecule has 2 aliphatic heterocycles. The van der Waals surface area contributed by atoms with Crippen molar-refractivity contribution < 1.29 is 9.18 Å². The minimum Gasteiger partial charge on any atom is -0.340 e. The van der Waals surface area contributed by atoms with Gasteiger partial charge >= 0.3 is 6.03 Å². The number of rotatable bonds is 5. The first kappa shape index (κ1) is 18.7. The van der Waals surface area contributed by atoms with Gasteiger partial charge in [-0.1, -0.05) is 23.9 Å².